The van der Waals surface area contributed by atoms with Crippen LogP contribution < -0.4 is 5.32 Å². The maximum Gasteiger partial charge on any atom is 0.338 e. The lowest BCUT2D eigenvalue weighted by Crippen LogP contribution is -2.46. The molecule has 1 aromatic rings. The Morgan fingerprint density at radius 3 is 2.79 bits per heavy atom. The summed E-state index contributed by atoms with van der Waals surface area (Å²) in [5.74, 6) is -0.501. The highest BCUT2D eigenvalue weighted by Crippen LogP contribution is 2.34. The van der Waals surface area contributed by atoms with Crippen molar-refractivity contribution in [2.24, 2.45) is 0 Å². The fraction of sp³-hybridized carbons (Fsp3) is 0.333. The van der Waals surface area contributed by atoms with E-state index in [0.717, 1.165) is 0 Å². The fourth-order valence-electron chi connectivity index (χ4n) is 2.41. The first-order valence-corrected chi connectivity index (χ1v) is 7.92. The first kappa shape index (κ1) is 18.2. The largest absolute Gasteiger partial charge is 0.463 e. The molecule has 1 unspecified atom stereocenters. The second-order valence-corrected chi connectivity index (χ2v) is 5.92. The summed E-state index contributed by atoms with van der Waals surface area (Å²) in [5, 5.41) is 14.6. The Labute approximate surface area is 149 Å². The predicted molar refractivity (Wildman–Crippen MR) is 93.7 cm³/mol. The van der Waals surface area contributed by atoms with E-state index >= 15 is 0 Å². The highest BCUT2D eigenvalue weighted by atomic mass is 35.5. The highest BCUT2D eigenvalue weighted by molar-refractivity contribution is 7.80. The number of esters is 1. The van der Waals surface area contributed by atoms with Gasteiger partial charge in [0.05, 0.1) is 23.1 Å². The topological polar surface area (TPSA) is 84.7 Å². The van der Waals surface area contributed by atoms with Crippen molar-refractivity contribution in [2.45, 2.75) is 19.9 Å². The number of halogens is 1. The van der Waals surface area contributed by atoms with Crippen molar-refractivity contribution in [1.82, 2.24) is 10.2 Å². The number of nitro benzene ring substituents is 1. The number of nitrogens with one attached hydrogen (secondary N) is 1. The molecular weight excluding hydrogens is 354 g/mol. The Morgan fingerprint density at radius 1 is 1.54 bits per heavy atom. The number of carbonyl (C=O) groups excluding carboxylic acids is 1. The molecule has 0 saturated carbocycles. The van der Waals surface area contributed by atoms with Gasteiger partial charge in [-0.2, -0.15) is 0 Å². The Kier molecular flexibility index (Phi) is 5.40. The van der Waals surface area contributed by atoms with E-state index in [0.29, 0.717) is 21.9 Å². The Balaban J connectivity index is 2.57. The average molecular weight is 370 g/mol. The molecule has 1 N–H and O–H groups in total. The van der Waals surface area contributed by atoms with Crippen molar-refractivity contribution in [3.63, 3.8) is 0 Å². The van der Waals surface area contributed by atoms with Gasteiger partial charge in [-0.15, -0.1) is 0 Å². The van der Waals surface area contributed by atoms with E-state index < -0.39 is 16.9 Å². The lowest BCUT2D eigenvalue weighted by atomic mass is 9.95. The molecular formula is C15H16ClN3O4S. The smallest absolute Gasteiger partial charge is 0.338 e. The Hall–Kier alpha value is -2.19. The molecule has 0 spiro atoms. The van der Waals surface area contributed by atoms with E-state index in [9.17, 15) is 14.9 Å². The van der Waals surface area contributed by atoms with E-state index in [4.69, 9.17) is 28.6 Å². The van der Waals surface area contributed by atoms with Gasteiger partial charge in [-0.05, 0) is 37.7 Å². The summed E-state index contributed by atoms with van der Waals surface area (Å²) in [6.07, 6.45) is 0. The minimum Gasteiger partial charge on any atom is -0.463 e. The second kappa shape index (κ2) is 7.14. The van der Waals surface area contributed by atoms with Crippen molar-refractivity contribution in [2.75, 3.05) is 13.7 Å². The zero-order chi connectivity index (χ0) is 18.0. The van der Waals surface area contributed by atoms with Crippen molar-refractivity contribution in [3.05, 3.63) is 50.2 Å². The molecule has 1 aliphatic heterocycles. The lowest BCUT2D eigenvalue weighted by Gasteiger charge is -2.35. The normalized spacial score (nSPS) is 17.6. The first-order chi connectivity index (χ1) is 11.3. The molecule has 7 nitrogen and oxygen atoms in total. The van der Waals surface area contributed by atoms with Crippen molar-refractivity contribution in [1.29, 1.82) is 0 Å². The van der Waals surface area contributed by atoms with Crippen LogP contribution in [0.3, 0.4) is 0 Å². The van der Waals surface area contributed by atoms with Crippen LogP contribution in [0.4, 0.5) is 5.69 Å². The van der Waals surface area contributed by atoms with Gasteiger partial charge in [0.25, 0.3) is 5.69 Å². The van der Waals surface area contributed by atoms with Crippen LogP contribution in [-0.2, 0) is 9.53 Å². The van der Waals surface area contributed by atoms with Gasteiger partial charge < -0.3 is 15.0 Å². The minimum atomic E-state index is -0.649. The van der Waals surface area contributed by atoms with Gasteiger partial charge in [-0.1, -0.05) is 17.7 Å². The molecule has 0 fully saturated rings. The molecule has 1 atom stereocenters. The van der Waals surface area contributed by atoms with Crippen LogP contribution in [0, 0.1) is 10.1 Å². The third-order valence-corrected chi connectivity index (χ3v) is 4.46. The zero-order valence-corrected chi connectivity index (χ0v) is 14.9. The summed E-state index contributed by atoms with van der Waals surface area (Å²) in [7, 11) is 1.73. The summed E-state index contributed by atoms with van der Waals surface area (Å²) in [6, 6.07) is 3.73. The number of thiocarbonyl (C=S) groups is 1. The summed E-state index contributed by atoms with van der Waals surface area (Å²) in [4.78, 5) is 24.6. The molecule has 2 rings (SSSR count). The van der Waals surface area contributed by atoms with Gasteiger partial charge >= 0.3 is 5.97 Å². The highest BCUT2D eigenvalue weighted by Gasteiger charge is 2.34. The monoisotopic (exact) mass is 369 g/mol. The molecule has 1 aliphatic rings. The molecule has 0 aliphatic carbocycles. The molecule has 128 valence electrons. The first-order valence-electron chi connectivity index (χ1n) is 7.13. The molecule has 24 heavy (non-hydrogen) atoms. The van der Waals surface area contributed by atoms with Gasteiger partial charge in [-0.25, -0.2) is 4.79 Å². The Morgan fingerprint density at radius 2 is 2.21 bits per heavy atom. The molecule has 9 heteroatoms. The second-order valence-electron chi connectivity index (χ2n) is 5.13. The fourth-order valence-corrected chi connectivity index (χ4v) is 2.85. The number of carbonyl (C=O) groups is 1. The molecule has 0 aromatic heterocycles. The van der Waals surface area contributed by atoms with Crippen LogP contribution in [0.25, 0.3) is 0 Å². The number of rotatable bonds is 4. The van der Waals surface area contributed by atoms with Gasteiger partial charge in [-0.3, -0.25) is 10.1 Å². The van der Waals surface area contributed by atoms with Crippen molar-refractivity contribution < 1.29 is 14.5 Å². The maximum atomic E-state index is 12.4. The number of benzene rings is 1. The van der Waals surface area contributed by atoms with E-state index in [1.54, 1.807) is 31.9 Å². The molecule has 0 amide bonds. The summed E-state index contributed by atoms with van der Waals surface area (Å²) >= 11 is 11.1. The number of nitro groups is 1. The van der Waals surface area contributed by atoms with Crippen LogP contribution in [0.15, 0.2) is 29.5 Å². The summed E-state index contributed by atoms with van der Waals surface area (Å²) < 4.78 is 5.12. The molecule has 0 bridgehead atoms. The zero-order valence-electron chi connectivity index (χ0n) is 13.3. The van der Waals surface area contributed by atoms with E-state index in [1.165, 1.54) is 12.1 Å². The quantitative estimate of drug-likeness (QED) is 0.378. The average Bonchev–Trinajstić information content (AvgIpc) is 2.52. The van der Waals surface area contributed by atoms with Crippen molar-refractivity contribution >= 4 is 40.6 Å². The number of hydrogen-bond donors (Lipinski definition) is 1. The number of hydrogen-bond acceptors (Lipinski definition) is 5. The minimum absolute atomic E-state index is 0.0256. The molecule has 1 aromatic carbocycles. The maximum absolute atomic E-state index is 12.4. The predicted octanol–water partition coefficient (Wildman–Crippen LogP) is 2.95. The summed E-state index contributed by atoms with van der Waals surface area (Å²) in [5.41, 5.74) is 1.25. The van der Waals surface area contributed by atoms with Crippen LogP contribution in [0.2, 0.25) is 5.02 Å². The number of allylic oxidation sites excluding steroid dienone is 1. The van der Waals surface area contributed by atoms with Gasteiger partial charge in [0.2, 0.25) is 0 Å². The lowest BCUT2D eigenvalue weighted by molar-refractivity contribution is -0.384. The Bertz CT molecular complexity index is 750. The number of nitrogens with zero attached hydrogens (tertiary/aromatic N) is 2. The van der Waals surface area contributed by atoms with Crippen LogP contribution in [-0.4, -0.2) is 34.6 Å². The van der Waals surface area contributed by atoms with Crippen LogP contribution in [0.1, 0.15) is 25.5 Å². The van der Waals surface area contributed by atoms with Crippen molar-refractivity contribution in [3.8, 4) is 0 Å². The van der Waals surface area contributed by atoms with Gasteiger partial charge in [0, 0.05) is 18.8 Å². The molecule has 0 saturated heterocycles. The van der Waals surface area contributed by atoms with E-state index in [2.05, 4.69) is 5.32 Å². The van der Waals surface area contributed by atoms with E-state index in [1.807, 2.05) is 0 Å². The van der Waals surface area contributed by atoms with Gasteiger partial charge in [0.15, 0.2) is 5.11 Å². The standard InChI is InChI=1S/C15H16ClN3O4S/c1-4-23-14(20)12-8(2)18(3)15(24)17-13(12)9-5-6-10(16)11(7-9)19(21)22/h5-7,13H,4H2,1-3H3,(H,17,24). The van der Waals surface area contributed by atoms with E-state index in [-0.39, 0.29) is 17.3 Å². The van der Waals surface area contributed by atoms with Crippen LogP contribution >= 0.6 is 23.8 Å². The molecule has 0 radical (unpaired) electrons. The number of ether oxygens (including phenoxy) is 1. The molecule has 1 heterocycles. The summed E-state index contributed by atoms with van der Waals surface area (Å²) in [6.45, 7) is 3.68. The third-order valence-electron chi connectivity index (χ3n) is 3.75. The van der Waals surface area contributed by atoms with Gasteiger partial charge in [0.1, 0.15) is 5.02 Å². The SMILES string of the molecule is CCOC(=O)C1=C(C)N(C)C(=S)NC1c1ccc(Cl)c([N+](=O)[O-])c1. The third kappa shape index (κ3) is 3.34. The van der Waals surface area contributed by atoms with Crippen LogP contribution in [0.5, 0.6) is 0 Å².